The number of rotatable bonds is 4. The lowest BCUT2D eigenvalue weighted by molar-refractivity contribution is -0.118. The van der Waals surface area contributed by atoms with Gasteiger partial charge in [-0.1, -0.05) is 13.3 Å². The summed E-state index contributed by atoms with van der Waals surface area (Å²) in [5.74, 6) is 0.0980. The van der Waals surface area contributed by atoms with E-state index in [2.05, 4.69) is 27.9 Å². The second-order valence-corrected chi connectivity index (χ2v) is 3.55. The molecule has 0 saturated heterocycles. The number of aliphatic imine (C=N–C) groups is 1. The quantitative estimate of drug-likeness (QED) is 0.482. The van der Waals surface area contributed by atoms with Crippen LogP contribution in [0.15, 0.2) is 17.0 Å². The Morgan fingerprint density at radius 2 is 2.47 bits per heavy atom. The fraction of sp³-hybridized carbons (Fsp3) is 0.600. The predicted molar refractivity (Wildman–Crippen MR) is 64.7 cm³/mol. The van der Waals surface area contributed by atoms with E-state index < -0.39 is 6.35 Å². The molecule has 1 aliphatic rings. The molecule has 0 fully saturated rings. The van der Waals surface area contributed by atoms with Crippen molar-refractivity contribution in [2.24, 2.45) is 10.7 Å². The maximum atomic E-state index is 11.1. The summed E-state index contributed by atoms with van der Waals surface area (Å²) in [6.07, 6.45) is 4.40. The smallest absolute Gasteiger partial charge is 0.245 e. The number of amides is 1. The number of nitrogens with zero attached hydrogens (tertiary/aromatic N) is 1. The zero-order chi connectivity index (χ0) is 12.5. The zero-order valence-corrected chi connectivity index (χ0v) is 9.90. The highest BCUT2D eigenvalue weighted by Crippen LogP contribution is 1.92. The molecule has 0 bridgehead atoms. The molecule has 0 radical (unpaired) electrons. The third-order valence-electron chi connectivity index (χ3n) is 2.02. The average Bonchev–Trinajstić information content (AvgIpc) is 2.31. The number of carbonyl (C=O) groups is 1. The SMILES string of the molecule is CCCCOC1NC=NCC(=O)N/C=C(\N)N1. The van der Waals surface area contributed by atoms with Crippen LogP contribution in [0.25, 0.3) is 0 Å². The van der Waals surface area contributed by atoms with Gasteiger partial charge in [0.05, 0.1) is 12.9 Å². The van der Waals surface area contributed by atoms with Crippen LogP contribution in [0.1, 0.15) is 19.8 Å². The first kappa shape index (κ1) is 13.3. The van der Waals surface area contributed by atoms with Crippen molar-refractivity contribution in [3.63, 3.8) is 0 Å². The molecule has 7 nitrogen and oxygen atoms in total. The molecule has 7 heteroatoms. The van der Waals surface area contributed by atoms with Crippen LogP contribution in [0.4, 0.5) is 0 Å². The van der Waals surface area contributed by atoms with Gasteiger partial charge < -0.3 is 26.4 Å². The second kappa shape index (κ2) is 7.50. The molecule has 1 atom stereocenters. The number of nitrogens with one attached hydrogen (secondary N) is 3. The topological polar surface area (TPSA) is 101 Å². The van der Waals surface area contributed by atoms with Crippen LogP contribution in [0.2, 0.25) is 0 Å². The van der Waals surface area contributed by atoms with E-state index in [0.717, 1.165) is 12.8 Å². The maximum absolute atomic E-state index is 11.1. The summed E-state index contributed by atoms with van der Waals surface area (Å²) >= 11 is 0. The molecular weight excluding hydrogens is 222 g/mol. The molecule has 1 unspecified atom stereocenters. The number of hydrogen-bond acceptors (Lipinski definition) is 6. The van der Waals surface area contributed by atoms with E-state index in [1.165, 1.54) is 12.5 Å². The Morgan fingerprint density at radius 1 is 1.65 bits per heavy atom. The molecule has 1 amide bonds. The molecule has 5 N–H and O–H groups in total. The van der Waals surface area contributed by atoms with E-state index in [0.29, 0.717) is 12.4 Å². The van der Waals surface area contributed by atoms with Crippen LogP contribution >= 0.6 is 0 Å². The number of hydrogen-bond donors (Lipinski definition) is 4. The monoisotopic (exact) mass is 241 g/mol. The summed E-state index contributed by atoms with van der Waals surface area (Å²) in [4.78, 5) is 15.0. The molecule has 0 aromatic rings. The van der Waals surface area contributed by atoms with Gasteiger partial charge in [-0.2, -0.15) is 0 Å². The molecule has 96 valence electrons. The summed E-state index contributed by atoms with van der Waals surface area (Å²) in [5, 5.41) is 8.24. The molecule has 1 aliphatic heterocycles. The van der Waals surface area contributed by atoms with E-state index in [1.54, 1.807) is 0 Å². The van der Waals surface area contributed by atoms with Crippen molar-refractivity contribution in [1.82, 2.24) is 16.0 Å². The molecule has 1 heterocycles. The minimum absolute atomic E-state index is 0.0540. The van der Waals surface area contributed by atoms with Crippen LogP contribution in [0.3, 0.4) is 0 Å². The molecular formula is C10H19N5O2. The van der Waals surface area contributed by atoms with E-state index in [4.69, 9.17) is 10.5 Å². The highest BCUT2D eigenvalue weighted by atomic mass is 16.5. The van der Waals surface area contributed by atoms with Crippen LogP contribution in [0.5, 0.6) is 0 Å². The van der Waals surface area contributed by atoms with Crippen LogP contribution in [0, 0.1) is 0 Å². The third kappa shape index (κ3) is 5.76. The molecule has 1 rings (SSSR count). The molecule has 0 saturated carbocycles. The Hall–Kier alpha value is -1.76. The van der Waals surface area contributed by atoms with Gasteiger partial charge in [0.2, 0.25) is 12.3 Å². The standard InChI is InChI=1S/C10H19N5O2/c1-2-3-4-17-10-14-7-12-6-9(16)13-5-8(11)15-10/h5,7,10,15H,2-4,6,11H2,1H3,(H,12,14)(H,13,16)/b8-5+. The number of ether oxygens (including phenoxy) is 1. The van der Waals surface area contributed by atoms with Crippen LogP contribution in [-0.4, -0.2) is 31.7 Å². The largest absolute Gasteiger partial charge is 0.384 e. The summed E-state index contributed by atoms with van der Waals surface area (Å²) < 4.78 is 5.51. The second-order valence-electron chi connectivity index (χ2n) is 3.55. The molecule has 17 heavy (non-hydrogen) atoms. The van der Waals surface area contributed by atoms with Gasteiger partial charge in [-0.15, -0.1) is 0 Å². The maximum Gasteiger partial charge on any atom is 0.245 e. The van der Waals surface area contributed by atoms with Crippen molar-refractivity contribution >= 4 is 12.2 Å². The Kier molecular flexibility index (Phi) is 5.87. The first-order valence-corrected chi connectivity index (χ1v) is 5.60. The van der Waals surface area contributed by atoms with E-state index in [9.17, 15) is 4.79 Å². The van der Waals surface area contributed by atoms with Gasteiger partial charge in [-0.3, -0.25) is 9.79 Å². The van der Waals surface area contributed by atoms with Gasteiger partial charge in [-0.05, 0) is 6.42 Å². The Balaban J connectivity index is 2.49. The Bertz CT molecular complexity index is 303. The fourth-order valence-electron chi connectivity index (χ4n) is 1.12. The lowest BCUT2D eigenvalue weighted by atomic mass is 10.4. The predicted octanol–water partition coefficient (Wildman–Crippen LogP) is -0.818. The molecule has 0 aliphatic carbocycles. The summed E-state index contributed by atoms with van der Waals surface area (Å²) in [6, 6.07) is 0. The van der Waals surface area contributed by atoms with Gasteiger partial charge in [0.15, 0.2) is 0 Å². The van der Waals surface area contributed by atoms with Gasteiger partial charge in [0.25, 0.3) is 0 Å². The van der Waals surface area contributed by atoms with E-state index >= 15 is 0 Å². The lowest BCUT2D eigenvalue weighted by Crippen LogP contribution is -2.46. The zero-order valence-electron chi connectivity index (χ0n) is 9.90. The number of nitrogens with two attached hydrogens (primary N) is 1. The third-order valence-corrected chi connectivity index (χ3v) is 2.02. The summed E-state index contributed by atoms with van der Waals surface area (Å²) in [5.41, 5.74) is 5.65. The number of carbonyl (C=O) groups excluding carboxylic acids is 1. The minimum atomic E-state index is -0.448. The minimum Gasteiger partial charge on any atom is -0.384 e. The van der Waals surface area contributed by atoms with Crippen molar-refractivity contribution in [1.29, 1.82) is 0 Å². The Labute approximate surface area is 100 Å². The lowest BCUT2D eigenvalue weighted by Gasteiger charge is -2.20. The van der Waals surface area contributed by atoms with Crippen molar-refractivity contribution in [3.8, 4) is 0 Å². The summed E-state index contributed by atoms with van der Waals surface area (Å²) in [7, 11) is 0. The Morgan fingerprint density at radius 3 is 3.24 bits per heavy atom. The van der Waals surface area contributed by atoms with Crippen molar-refractivity contribution in [3.05, 3.63) is 12.0 Å². The van der Waals surface area contributed by atoms with Gasteiger partial charge in [0.1, 0.15) is 12.4 Å². The molecule has 0 spiro atoms. The van der Waals surface area contributed by atoms with Crippen molar-refractivity contribution in [2.75, 3.05) is 13.2 Å². The van der Waals surface area contributed by atoms with E-state index in [1.807, 2.05) is 0 Å². The van der Waals surface area contributed by atoms with Gasteiger partial charge >= 0.3 is 0 Å². The normalized spacial score (nSPS) is 23.9. The van der Waals surface area contributed by atoms with Crippen molar-refractivity contribution in [2.45, 2.75) is 26.1 Å². The van der Waals surface area contributed by atoms with E-state index in [-0.39, 0.29) is 12.5 Å². The van der Waals surface area contributed by atoms with Crippen LogP contribution in [-0.2, 0) is 9.53 Å². The highest BCUT2D eigenvalue weighted by Gasteiger charge is 2.08. The van der Waals surface area contributed by atoms with Crippen molar-refractivity contribution < 1.29 is 9.53 Å². The average molecular weight is 241 g/mol. The highest BCUT2D eigenvalue weighted by molar-refractivity contribution is 5.80. The van der Waals surface area contributed by atoms with Gasteiger partial charge in [0, 0.05) is 6.20 Å². The summed E-state index contributed by atoms with van der Waals surface area (Å²) in [6.45, 7) is 2.76. The first-order valence-electron chi connectivity index (χ1n) is 5.60. The fourth-order valence-corrected chi connectivity index (χ4v) is 1.12. The molecule has 0 aromatic heterocycles. The van der Waals surface area contributed by atoms with Crippen LogP contribution < -0.4 is 21.7 Å². The number of unbranched alkanes of at least 4 members (excludes halogenated alkanes) is 1. The van der Waals surface area contributed by atoms with Gasteiger partial charge in [-0.25, -0.2) is 0 Å². The first-order chi connectivity index (χ1) is 8.22. The molecule has 0 aromatic carbocycles.